The Morgan fingerprint density at radius 2 is 1.41 bits per heavy atom. The second-order valence-corrected chi connectivity index (χ2v) is 10.7. The van der Waals surface area contributed by atoms with Gasteiger partial charge in [-0.1, -0.05) is 71.9 Å². The van der Waals surface area contributed by atoms with Crippen LogP contribution in [0.4, 0.5) is 4.79 Å². The Morgan fingerprint density at radius 1 is 0.892 bits per heavy atom. The van der Waals surface area contributed by atoms with E-state index in [1.807, 2.05) is 27.7 Å². The number of nitrogens with zero attached hydrogens (tertiary/aromatic N) is 1. The van der Waals surface area contributed by atoms with Gasteiger partial charge in [0, 0.05) is 0 Å². The average molecular weight is 519 g/mol. The van der Waals surface area contributed by atoms with Crippen molar-refractivity contribution in [3.05, 3.63) is 35.9 Å². The van der Waals surface area contributed by atoms with Crippen molar-refractivity contribution in [3.63, 3.8) is 0 Å². The molecule has 0 aromatic heterocycles. The van der Waals surface area contributed by atoms with Gasteiger partial charge in [-0.05, 0) is 42.6 Å². The molecule has 10 nitrogen and oxygen atoms in total. The molecule has 0 bridgehead atoms. The number of Topliss-reactive ketones (excluding diaryl/α,β-unsaturated/α-hetero) is 1. The van der Waals surface area contributed by atoms with Crippen LogP contribution < -0.4 is 11.5 Å². The first kappa shape index (κ1) is 32.4. The van der Waals surface area contributed by atoms with Crippen molar-refractivity contribution in [2.45, 2.75) is 85.0 Å². The van der Waals surface area contributed by atoms with Crippen LogP contribution in [0.3, 0.4) is 0 Å². The summed E-state index contributed by atoms with van der Waals surface area (Å²) in [6, 6.07) is 6.07. The van der Waals surface area contributed by atoms with Gasteiger partial charge >= 0.3 is 13.2 Å². The van der Waals surface area contributed by atoms with E-state index in [0.717, 1.165) is 0 Å². The van der Waals surface area contributed by atoms with E-state index in [1.54, 1.807) is 44.2 Å². The van der Waals surface area contributed by atoms with E-state index in [9.17, 15) is 29.2 Å². The van der Waals surface area contributed by atoms with Gasteiger partial charge in [0.05, 0.1) is 12.1 Å². The van der Waals surface area contributed by atoms with E-state index in [0.29, 0.717) is 10.5 Å². The first-order chi connectivity index (χ1) is 17.1. The third-order valence-electron chi connectivity index (χ3n) is 5.85. The van der Waals surface area contributed by atoms with Crippen LogP contribution in [0.15, 0.2) is 30.3 Å². The lowest BCUT2D eigenvalue weighted by Gasteiger charge is -2.42. The minimum atomic E-state index is -2.66. The second-order valence-electron chi connectivity index (χ2n) is 10.7. The van der Waals surface area contributed by atoms with Crippen molar-refractivity contribution in [1.29, 1.82) is 0 Å². The van der Waals surface area contributed by atoms with Crippen LogP contribution in [0.1, 0.15) is 66.4 Å². The van der Waals surface area contributed by atoms with E-state index in [4.69, 9.17) is 16.2 Å². The molecule has 0 radical (unpaired) electrons. The first-order valence-corrected chi connectivity index (χ1v) is 12.7. The molecule has 0 fully saturated rings. The lowest BCUT2D eigenvalue weighted by Crippen LogP contribution is -2.72. The lowest BCUT2D eigenvalue weighted by atomic mass is 9.64. The van der Waals surface area contributed by atoms with Crippen molar-refractivity contribution in [2.24, 2.45) is 29.2 Å². The van der Waals surface area contributed by atoms with Gasteiger partial charge in [0.15, 0.2) is 17.0 Å². The number of carbonyl (C=O) groups excluding carboxylic acids is 4. The molecule has 0 aliphatic rings. The molecule has 3 atom stereocenters. The number of imide groups is 1. The summed E-state index contributed by atoms with van der Waals surface area (Å²) >= 11 is 0. The van der Waals surface area contributed by atoms with Crippen LogP contribution in [-0.4, -0.2) is 63.2 Å². The third kappa shape index (κ3) is 8.74. The van der Waals surface area contributed by atoms with Crippen LogP contribution in [0.5, 0.6) is 0 Å². The smallest absolute Gasteiger partial charge is 0.444 e. The van der Waals surface area contributed by atoms with Crippen LogP contribution in [0.2, 0.25) is 0 Å². The highest BCUT2D eigenvalue weighted by Crippen LogP contribution is 2.32. The number of ether oxygens (including phenoxy) is 1. The average Bonchev–Trinajstić information content (AvgIpc) is 2.80. The number of nitrogens with two attached hydrogens (primary N) is 2. The third-order valence-corrected chi connectivity index (χ3v) is 5.85. The highest BCUT2D eigenvalue weighted by molar-refractivity contribution is 6.81. The molecule has 11 heteroatoms. The number of rotatable bonds is 14. The van der Waals surface area contributed by atoms with E-state index in [2.05, 4.69) is 0 Å². The zero-order valence-corrected chi connectivity index (χ0v) is 22.7. The number of carbonyl (C=O) groups is 4. The quantitative estimate of drug-likeness (QED) is 0.211. The molecule has 0 aliphatic heterocycles. The second kappa shape index (κ2) is 14.4. The predicted octanol–water partition coefficient (Wildman–Crippen LogP) is 1.83. The maximum atomic E-state index is 13.9. The molecule has 37 heavy (non-hydrogen) atoms. The summed E-state index contributed by atoms with van der Waals surface area (Å²) in [6.07, 6.45) is -1.42. The lowest BCUT2D eigenvalue weighted by molar-refractivity contribution is -0.153. The first-order valence-electron chi connectivity index (χ1n) is 12.7. The summed E-state index contributed by atoms with van der Waals surface area (Å²) in [5, 5.41) is 20.0. The Labute approximate surface area is 219 Å². The highest BCUT2D eigenvalue weighted by Gasteiger charge is 2.60. The Hall–Kier alpha value is -2.60. The molecule has 0 heterocycles. The van der Waals surface area contributed by atoms with Crippen LogP contribution in [0, 0.1) is 17.8 Å². The molecular formula is C26H42BN3O7. The molecule has 6 N–H and O–H groups in total. The zero-order chi connectivity index (χ0) is 28.5. The van der Waals surface area contributed by atoms with Gasteiger partial charge < -0.3 is 31.0 Å². The molecule has 0 spiro atoms. The van der Waals surface area contributed by atoms with Crippen LogP contribution >= 0.6 is 0 Å². The maximum Gasteiger partial charge on any atom is 0.530 e. The SMILES string of the molecule is CC(C)CC(N)C(=O)N(C(=O)OCc1ccccc1)C(CC(C)C)(C(=O)B(O)O)C(=O)C(N)CC(C)C. The van der Waals surface area contributed by atoms with Gasteiger partial charge in [0.1, 0.15) is 6.61 Å². The topological polar surface area (TPSA) is 173 Å². The molecule has 3 unspecified atom stereocenters. The van der Waals surface area contributed by atoms with Crippen LogP contribution in [-0.2, 0) is 25.7 Å². The fourth-order valence-corrected chi connectivity index (χ4v) is 4.35. The van der Waals surface area contributed by atoms with E-state index < -0.39 is 60.5 Å². The largest absolute Gasteiger partial charge is 0.530 e. The minimum Gasteiger partial charge on any atom is -0.444 e. The molecule has 1 aromatic carbocycles. The minimum absolute atomic E-state index is 0.0568. The van der Waals surface area contributed by atoms with E-state index in [1.165, 1.54) is 0 Å². The highest BCUT2D eigenvalue weighted by atomic mass is 16.6. The zero-order valence-electron chi connectivity index (χ0n) is 22.7. The molecule has 0 saturated carbocycles. The van der Waals surface area contributed by atoms with Crippen molar-refractivity contribution in [1.82, 2.24) is 4.90 Å². The Bertz CT molecular complexity index is 924. The fourth-order valence-electron chi connectivity index (χ4n) is 4.35. The molecule has 0 saturated heterocycles. The van der Waals surface area contributed by atoms with Crippen LogP contribution in [0.25, 0.3) is 0 Å². The fraction of sp³-hybridized carbons (Fsp3) is 0.615. The van der Waals surface area contributed by atoms with Crippen molar-refractivity contribution >= 4 is 30.6 Å². The number of amides is 2. The van der Waals surface area contributed by atoms with Gasteiger partial charge in [0.25, 0.3) is 0 Å². The van der Waals surface area contributed by atoms with E-state index >= 15 is 0 Å². The summed E-state index contributed by atoms with van der Waals surface area (Å²) in [4.78, 5) is 55.1. The van der Waals surface area contributed by atoms with Gasteiger partial charge in [-0.3, -0.25) is 9.59 Å². The Morgan fingerprint density at radius 3 is 1.86 bits per heavy atom. The summed E-state index contributed by atoms with van der Waals surface area (Å²) in [6.45, 7) is 10.3. The molecule has 1 aromatic rings. The molecular weight excluding hydrogens is 477 g/mol. The monoisotopic (exact) mass is 519 g/mol. The van der Waals surface area contributed by atoms with Crippen molar-refractivity contribution in [3.8, 4) is 0 Å². The number of ketones is 1. The van der Waals surface area contributed by atoms with Gasteiger partial charge in [-0.2, -0.15) is 0 Å². The molecule has 2 amide bonds. The Balaban J connectivity index is 3.79. The molecule has 206 valence electrons. The normalized spacial score (nSPS) is 14.7. The summed E-state index contributed by atoms with van der Waals surface area (Å²) in [7, 11) is -2.66. The molecule has 1 rings (SSSR count). The number of hydrogen-bond acceptors (Lipinski definition) is 9. The standard InChI is InChI=1S/C26H42BN3O7/c1-16(2)12-20(28)22(31)26(14-18(5)6,24(33)27(35)36)30(23(32)21(29)13-17(3)4)25(34)37-15-19-10-8-7-9-11-19/h7-11,16-18,20-21,35-36H,12-15,28-29H2,1-6H3. The summed E-state index contributed by atoms with van der Waals surface area (Å²) in [5.41, 5.74) is 8.87. The Kier molecular flexibility index (Phi) is 12.6. The summed E-state index contributed by atoms with van der Waals surface area (Å²) < 4.78 is 5.40. The number of hydrogen-bond donors (Lipinski definition) is 4. The van der Waals surface area contributed by atoms with Crippen molar-refractivity contribution < 1.29 is 34.0 Å². The van der Waals surface area contributed by atoms with Gasteiger partial charge in [0.2, 0.25) is 5.91 Å². The van der Waals surface area contributed by atoms with E-state index in [-0.39, 0.29) is 31.3 Å². The number of benzene rings is 1. The van der Waals surface area contributed by atoms with Gasteiger partial charge in [-0.25, -0.2) is 9.69 Å². The maximum absolute atomic E-state index is 13.9. The summed E-state index contributed by atoms with van der Waals surface area (Å²) in [5.74, 6) is -2.58. The van der Waals surface area contributed by atoms with Crippen molar-refractivity contribution in [2.75, 3.05) is 0 Å². The van der Waals surface area contributed by atoms with Gasteiger partial charge in [-0.15, -0.1) is 0 Å². The predicted molar refractivity (Wildman–Crippen MR) is 141 cm³/mol. The molecule has 0 aliphatic carbocycles.